The molecule has 0 N–H and O–H groups in total. The number of fused-ring (bicyclic) bond motifs is 12. The van der Waals surface area contributed by atoms with Crippen molar-refractivity contribution in [3.05, 3.63) is 267 Å². The molecular formula is C70H44N2O3Si. The highest BCUT2D eigenvalue weighted by atomic mass is 28.3. The summed E-state index contributed by atoms with van der Waals surface area (Å²) >= 11 is 0. The zero-order valence-electron chi connectivity index (χ0n) is 41.0. The number of anilines is 6. The van der Waals surface area contributed by atoms with E-state index in [1.807, 2.05) is 24.3 Å². The first-order valence-electron chi connectivity index (χ1n) is 25.9. The Balaban J connectivity index is 0.975. The SMILES string of the molecule is c1ccc(N2c3ccccc3[Si](c3ccc4c(c3)oc3ccccc34)(c3ccc4c(c3)oc3ccccc34)c3ccc(N(c4ccc(-c5cccc6ccccc56)cc4)c4ccc5c(c4)oc4ccccc45)cc32)cc1. The van der Waals surface area contributed by atoms with Crippen molar-refractivity contribution in [1.82, 2.24) is 0 Å². The Labute approximate surface area is 438 Å². The Kier molecular flexibility index (Phi) is 9.29. The molecule has 16 rings (SSSR count). The van der Waals surface area contributed by atoms with Gasteiger partial charge in [0, 0.05) is 72.5 Å². The van der Waals surface area contributed by atoms with E-state index in [1.54, 1.807) is 0 Å². The molecular weight excluding hydrogens is 945 g/mol. The van der Waals surface area contributed by atoms with Crippen molar-refractivity contribution in [3.8, 4) is 11.1 Å². The smallest absolute Gasteiger partial charge is 0.184 e. The van der Waals surface area contributed by atoms with Gasteiger partial charge in [0.1, 0.15) is 33.5 Å². The Hall–Kier alpha value is -9.88. The largest absolute Gasteiger partial charge is 0.456 e. The lowest BCUT2D eigenvalue weighted by Crippen LogP contribution is -2.77. The van der Waals surface area contributed by atoms with Crippen LogP contribution in [0.15, 0.2) is 280 Å². The van der Waals surface area contributed by atoms with Gasteiger partial charge in [-0.05, 0) is 128 Å². The topological polar surface area (TPSA) is 45.9 Å². The normalized spacial score (nSPS) is 13.1. The maximum Gasteiger partial charge on any atom is 0.184 e. The molecule has 0 spiro atoms. The van der Waals surface area contributed by atoms with E-state index < -0.39 is 8.07 Å². The van der Waals surface area contributed by atoms with Gasteiger partial charge in [-0.15, -0.1) is 0 Å². The fourth-order valence-corrected chi connectivity index (χ4v) is 17.6. The Morgan fingerprint density at radius 1 is 0.303 bits per heavy atom. The molecule has 0 bridgehead atoms. The van der Waals surface area contributed by atoms with E-state index in [1.165, 1.54) is 37.1 Å². The van der Waals surface area contributed by atoms with E-state index in [-0.39, 0.29) is 0 Å². The van der Waals surface area contributed by atoms with Crippen LogP contribution in [0.25, 0.3) is 87.7 Å². The molecule has 0 saturated carbocycles. The van der Waals surface area contributed by atoms with Gasteiger partial charge in [0.15, 0.2) is 8.07 Å². The van der Waals surface area contributed by atoms with Crippen molar-refractivity contribution in [3.63, 3.8) is 0 Å². The molecule has 356 valence electrons. The van der Waals surface area contributed by atoms with Crippen molar-refractivity contribution < 1.29 is 13.3 Å². The van der Waals surface area contributed by atoms with Gasteiger partial charge in [-0.3, -0.25) is 0 Å². The molecule has 0 saturated heterocycles. The van der Waals surface area contributed by atoms with Gasteiger partial charge in [0.2, 0.25) is 0 Å². The monoisotopic (exact) mass is 988 g/mol. The van der Waals surface area contributed by atoms with Crippen LogP contribution in [0, 0.1) is 0 Å². The Morgan fingerprint density at radius 2 is 0.776 bits per heavy atom. The van der Waals surface area contributed by atoms with Gasteiger partial charge in [0.05, 0.1) is 0 Å². The maximum absolute atomic E-state index is 6.78. The predicted molar refractivity (Wildman–Crippen MR) is 318 cm³/mol. The molecule has 5 nitrogen and oxygen atoms in total. The van der Waals surface area contributed by atoms with E-state index in [4.69, 9.17) is 13.3 Å². The highest BCUT2D eigenvalue weighted by Crippen LogP contribution is 2.45. The zero-order valence-corrected chi connectivity index (χ0v) is 42.0. The summed E-state index contributed by atoms with van der Waals surface area (Å²) in [5.74, 6) is 0. The third kappa shape index (κ3) is 6.31. The molecule has 1 aliphatic heterocycles. The van der Waals surface area contributed by atoms with Crippen LogP contribution >= 0.6 is 0 Å². The summed E-state index contributed by atoms with van der Waals surface area (Å²) in [7, 11) is -3.32. The molecule has 0 unspecified atom stereocenters. The summed E-state index contributed by atoms with van der Waals surface area (Å²) in [6.45, 7) is 0. The molecule has 0 aliphatic carbocycles. The lowest BCUT2D eigenvalue weighted by atomic mass is 9.98. The van der Waals surface area contributed by atoms with Crippen LogP contribution in [0.3, 0.4) is 0 Å². The third-order valence-electron chi connectivity index (χ3n) is 15.9. The van der Waals surface area contributed by atoms with E-state index >= 15 is 0 Å². The summed E-state index contributed by atoms with van der Waals surface area (Å²) in [6.07, 6.45) is 0. The van der Waals surface area contributed by atoms with Gasteiger partial charge in [0.25, 0.3) is 0 Å². The summed E-state index contributed by atoms with van der Waals surface area (Å²) in [5, 5.41) is 14.0. The van der Waals surface area contributed by atoms with Gasteiger partial charge in [-0.1, -0.05) is 176 Å². The molecule has 15 aromatic rings. The van der Waals surface area contributed by atoms with Crippen LogP contribution < -0.4 is 30.5 Å². The van der Waals surface area contributed by atoms with Crippen molar-refractivity contribution >= 4 is 140 Å². The van der Waals surface area contributed by atoms with Gasteiger partial charge in [-0.2, -0.15) is 0 Å². The molecule has 0 amide bonds. The first-order chi connectivity index (χ1) is 37.7. The van der Waals surface area contributed by atoms with E-state index in [9.17, 15) is 0 Å². The molecule has 0 fully saturated rings. The fraction of sp³-hybridized carbons (Fsp3) is 0. The van der Waals surface area contributed by atoms with Crippen LogP contribution in [-0.2, 0) is 0 Å². The minimum absolute atomic E-state index is 0.835. The first kappa shape index (κ1) is 42.6. The second kappa shape index (κ2) is 16.6. The Bertz CT molecular complexity index is 4680. The number of para-hydroxylation sites is 5. The molecule has 4 heterocycles. The summed E-state index contributed by atoms with van der Waals surface area (Å²) in [4.78, 5) is 4.86. The number of furan rings is 3. The van der Waals surface area contributed by atoms with Gasteiger partial charge < -0.3 is 23.1 Å². The quantitative estimate of drug-likeness (QED) is 0.149. The molecule has 1 aliphatic rings. The van der Waals surface area contributed by atoms with Crippen LogP contribution in [0.5, 0.6) is 0 Å². The Morgan fingerprint density at radius 3 is 1.43 bits per heavy atom. The van der Waals surface area contributed by atoms with Gasteiger partial charge in [-0.25, -0.2) is 0 Å². The number of nitrogens with zero attached hydrogens (tertiary/aromatic N) is 2. The second-order valence-electron chi connectivity index (χ2n) is 19.9. The first-order valence-corrected chi connectivity index (χ1v) is 27.9. The predicted octanol–water partition coefficient (Wildman–Crippen LogP) is 16.8. The minimum atomic E-state index is -3.32. The van der Waals surface area contributed by atoms with Gasteiger partial charge >= 0.3 is 0 Å². The van der Waals surface area contributed by atoms with Crippen molar-refractivity contribution in [2.45, 2.75) is 0 Å². The molecule has 0 radical (unpaired) electrons. The minimum Gasteiger partial charge on any atom is -0.456 e. The standard InChI is InChI=1S/C70H44N2O3Si/c1-2-17-47(18-3-1)72-61-24-9-13-28-69(61)76(51-35-38-59-56-21-7-11-26-64(56)74-67(59)43-51,52-36-39-60-57-22-8-12-27-65(57)75-68(60)44-52)70-40-34-49(41-62(70)72)71(50-33-37-58-55-20-6-10-25-63(55)73-66(58)42-50)48-31-29-46(30-32-48)54-23-14-16-45-15-4-5-19-53(45)54/h1-44H. The summed E-state index contributed by atoms with van der Waals surface area (Å²) in [6, 6.07) is 96.9. The lowest BCUT2D eigenvalue weighted by molar-refractivity contribution is 0.668. The van der Waals surface area contributed by atoms with Crippen molar-refractivity contribution in [2.24, 2.45) is 0 Å². The summed E-state index contributed by atoms with van der Waals surface area (Å²) in [5.41, 5.74) is 13.9. The second-order valence-corrected chi connectivity index (χ2v) is 23.7. The fourth-order valence-electron chi connectivity index (χ4n) is 12.6. The number of rotatable bonds is 7. The highest BCUT2D eigenvalue weighted by Gasteiger charge is 2.49. The average Bonchev–Trinajstić information content (AvgIpc) is 4.29. The maximum atomic E-state index is 6.78. The number of hydrogen-bond acceptors (Lipinski definition) is 5. The van der Waals surface area contributed by atoms with Crippen LogP contribution in [0.2, 0.25) is 0 Å². The highest BCUT2D eigenvalue weighted by molar-refractivity contribution is 7.21. The molecule has 3 aromatic heterocycles. The average molecular weight is 989 g/mol. The van der Waals surface area contributed by atoms with Crippen molar-refractivity contribution in [1.29, 1.82) is 0 Å². The van der Waals surface area contributed by atoms with Crippen LogP contribution in [0.4, 0.5) is 34.1 Å². The van der Waals surface area contributed by atoms with Crippen molar-refractivity contribution in [2.75, 3.05) is 9.80 Å². The van der Waals surface area contributed by atoms with Crippen LogP contribution in [0.1, 0.15) is 0 Å². The van der Waals surface area contributed by atoms with Crippen LogP contribution in [-0.4, -0.2) is 8.07 Å². The lowest BCUT2D eigenvalue weighted by Gasteiger charge is -2.45. The zero-order chi connectivity index (χ0) is 49.9. The third-order valence-corrected chi connectivity index (χ3v) is 20.7. The number of hydrogen-bond donors (Lipinski definition) is 0. The molecule has 76 heavy (non-hydrogen) atoms. The number of benzene rings is 12. The van der Waals surface area contributed by atoms with E-state index in [0.29, 0.717) is 0 Å². The summed E-state index contributed by atoms with van der Waals surface area (Å²) < 4.78 is 20.2. The molecule has 12 aromatic carbocycles. The van der Waals surface area contributed by atoms with E-state index in [0.717, 1.165) is 106 Å². The molecule has 6 heteroatoms. The van der Waals surface area contributed by atoms with E-state index in [2.05, 4.69) is 252 Å². The molecule has 0 atom stereocenters.